The van der Waals surface area contributed by atoms with Gasteiger partial charge < -0.3 is 20.8 Å². The van der Waals surface area contributed by atoms with Crippen LogP contribution >= 0.6 is 0 Å². The van der Waals surface area contributed by atoms with Gasteiger partial charge in [0.15, 0.2) is 0 Å². The summed E-state index contributed by atoms with van der Waals surface area (Å²) in [6.07, 6.45) is 3.17. The molecule has 0 unspecified atom stereocenters. The first-order chi connectivity index (χ1) is 6.81. The van der Waals surface area contributed by atoms with Gasteiger partial charge in [0.2, 0.25) is 0 Å². The quantitative estimate of drug-likeness (QED) is 0.534. The van der Waals surface area contributed by atoms with Gasteiger partial charge in [0, 0.05) is 0 Å². The van der Waals surface area contributed by atoms with E-state index >= 15 is 0 Å². The molecule has 0 spiro atoms. The van der Waals surface area contributed by atoms with Gasteiger partial charge in [0.05, 0.1) is 0 Å². The molecule has 0 aliphatic heterocycles. The molecule has 0 aromatic carbocycles. The Morgan fingerprint density at radius 2 is 0.647 bits per heavy atom. The number of hydrogen-bond acceptors (Lipinski definition) is 0. The first-order valence-corrected chi connectivity index (χ1v) is 6.19. The Morgan fingerprint density at radius 3 is 0.647 bits per heavy atom. The predicted octanol–water partition coefficient (Wildman–Crippen LogP) is 4.41. The van der Waals surface area contributed by atoms with Crippen LogP contribution in [0.4, 0.5) is 0 Å². The van der Waals surface area contributed by atoms with Gasteiger partial charge in [-0.2, -0.15) is 19.3 Å². The van der Waals surface area contributed by atoms with Gasteiger partial charge in [-0.05, 0) is 11.0 Å². The minimum Gasteiger partial charge on any atom is -0.343 e. The Hall–Kier alpha value is 0.749. The molecule has 2 heteroatoms. The van der Waals surface area contributed by atoms with E-state index in [1.165, 1.54) is 0 Å². The zero-order valence-corrected chi connectivity index (χ0v) is 16.7. The molecule has 0 heterocycles. The van der Waals surface area contributed by atoms with Crippen LogP contribution in [0.2, 0.25) is 0 Å². The van der Waals surface area contributed by atoms with Crippen molar-refractivity contribution in [1.29, 1.82) is 0 Å². The second-order valence-corrected chi connectivity index (χ2v) is 5.05. The maximum atomic E-state index is 3.69. The molecule has 0 nitrogen and oxygen atoms in total. The molecule has 0 aromatic heterocycles. The van der Waals surface area contributed by atoms with Crippen LogP contribution in [-0.4, -0.2) is 11.0 Å². The fourth-order valence-corrected chi connectivity index (χ4v) is 0. The summed E-state index contributed by atoms with van der Waals surface area (Å²) in [6, 6.07) is 0. The molecule has 17 heavy (non-hydrogen) atoms. The molecule has 106 valence electrons. The predicted molar refractivity (Wildman–Crippen MR) is 84.4 cm³/mol. The molecule has 0 atom stereocenters. The number of hydrogen-bond donors (Lipinski definition) is 0. The SMILES string of the molecule is [CH2-]CC(C)C.[CH2-]CC(C)C.[CH2-]CC(C)C.[Cr+3].[SiH3]. The monoisotopic (exact) mass is 296 g/mol. The molecule has 0 aliphatic carbocycles. The summed E-state index contributed by atoms with van der Waals surface area (Å²) in [6.45, 7) is 24.0. The van der Waals surface area contributed by atoms with E-state index in [1.54, 1.807) is 0 Å². The van der Waals surface area contributed by atoms with Crippen molar-refractivity contribution < 1.29 is 17.4 Å². The maximum Gasteiger partial charge on any atom is 3.00 e. The smallest absolute Gasteiger partial charge is 0.343 e. The van der Waals surface area contributed by atoms with Crippen molar-refractivity contribution in [3.63, 3.8) is 0 Å². The Kier molecular flexibility index (Phi) is 46.1. The van der Waals surface area contributed by atoms with Crippen molar-refractivity contribution in [3.8, 4) is 0 Å². The van der Waals surface area contributed by atoms with E-state index in [1.807, 2.05) is 0 Å². The summed E-state index contributed by atoms with van der Waals surface area (Å²) < 4.78 is 0. The van der Waals surface area contributed by atoms with Gasteiger partial charge in [-0.1, -0.05) is 59.3 Å². The standard InChI is InChI=1S/3C5H11.Cr.H3Si/c3*1-4-5(2)3;;/h3*5H,1,4H2,2-3H3;;1H3/q3*-1;+3;. The third kappa shape index (κ3) is 80.0. The van der Waals surface area contributed by atoms with E-state index in [9.17, 15) is 0 Å². The van der Waals surface area contributed by atoms with Crippen LogP contribution in [0.25, 0.3) is 0 Å². The van der Waals surface area contributed by atoms with E-state index in [-0.39, 0.29) is 28.3 Å². The molecule has 0 rings (SSSR count). The van der Waals surface area contributed by atoms with Crippen LogP contribution < -0.4 is 0 Å². The van der Waals surface area contributed by atoms with Crippen LogP contribution in [0, 0.1) is 38.5 Å². The molecule has 0 aromatic rings. The first kappa shape index (κ1) is 30.6. The Balaban J connectivity index is -0.0000000400. The second kappa shape index (κ2) is 25.6. The van der Waals surface area contributed by atoms with E-state index in [4.69, 9.17) is 0 Å². The number of rotatable bonds is 3. The van der Waals surface area contributed by atoms with Crippen molar-refractivity contribution in [2.45, 2.75) is 60.8 Å². The molecular weight excluding hydrogens is 260 g/mol. The van der Waals surface area contributed by atoms with Crippen LogP contribution in [0.3, 0.4) is 0 Å². The molecule has 0 amide bonds. The molecule has 0 aliphatic rings. The molecule has 0 saturated carbocycles. The minimum absolute atomic E-state index is 0. The van der Waals surface area contributed by atoms with Crippen LogP contribution in [-0.2, 0) is 17.4 Å². The van der Waals surface area contributed by atoms with Crippen molar-refractivity contribution in [2.24, 2.45) is 17.8 Å². The summed E-state index contributed by atoms with van der Waals surface area (Å²) in [4.78, 5) is 0. The van der Waals surface area contributed by atoms with Gasteiger partial charge in [0.25, 0.3) is 0 Å². The summed E-state index contributed by atoms with van der Waals surface area (Å²) in [5, 5.41) is 0. The fraction of sp³-hybridized carbons (Fsp3) is 0.800. The van der Waals surface area contributed by atoms with Gasteiger partial charge in [-0.25, -0.2) is 0 Å². The summed E-state index contributed by atoms with van der Waals surface area (Å²) in [5.41, 5.74) is 0. The van der Waals surface area contributed by atoms with Crippen molar-refractivity contribution in [2.75, 3.05) is 0 Å². The molecule has 0 bridgehead atoms. The van der Waals surface area contributed by atoms with Crippen LogP contribution in [0.5, 0.6) is 0 Å². The van der Waals surface area contributed by atoms with Crippen molar-refractivity contribution in [1.82, 2.24) is 0 Å². The molecule has 0 fully saturated rings. The van der Waals surface area contributed by atoms with E-state index in [0.717, 1.165) is 37.0 Å². The molecule has 0 N–H and O–H groups in total. The second-order valence-electron chi connectivity index (χ2n) is 5.05. The van der Waals surface area contributed by atoms with Gasteiger partial charge in [-0.15, -0.1) is 0 Å². The topological polar surface area (TPSA) is 0 Å². The third-order valence-electron chi connectivity index (χ3n) is 1.73. The van der Waals surface area contributed by atoms with Gasteiger partial charge in [0.1, 0.15) is 0 Å². The summed E-state index contributed by atoms with van der Waals surface area (Å²) in [5.74, 6) is 2.32. The van der Waals surface area contributed by atoms with Gasteiger partial charge >= 0.3 is 17.4 Å². The zero-order chi connectivity index (χ0) is 12.9. The first-order valence-electron chi connectivity index (χ1n) is 6.19. The largest absolute Gasteiger partial charge is 3.00 e. The normalized spacial score (nSPS) is 8.47. The summed E-state index contributed by atoms with van der Waals surface area (Å²) >= 11 is 0. The Bertz CT molecular complexity index is 71.9. The van der Waals surface area contributed by atoms with Crippen molar-refractivity contribution >= 4 is 11.0 Å². The fourth-order valence-electron chi connectivity index (χ4n) is 0. The Morgan fingerprint density at radius 1 is 0.588 bits per heavy atom. The third-order valence-corrected chi connectivity index (χ3v) is 1.73. The van der Waals surface area contributed by atoms with Crippen LogP contribution in [0.1, 0.15) is 60.8 Å². The van der Waals surface area contributed by atoms with E-state index < -0.39 is 0 Å². The molecular formula is C15H36CrSi. The van der Waals surface area contributed by atoms with E-state index in [0.29, 0.717) is 0 Å². The summed E-state index contributed by atoms with van der Waals surface area (Å²) in [7, 11) is 0. The average Bonchev–Trinajstić information content (AvgIpc) is 2.19. The van der Waals surface area contributed by atoms with E-state index in [2.05, 4.69) is 62.3 Å². The molecule has 0 saturated heterocycles. The van der Waals surface area contributed by atoms with Gasteiger partial charge in [-0.3, -0.25) is 0 Å². The average molecular weight is 297 g/mol. The minimum atomic E-state index is 0. The van der Waals surface area contributed by atoms with Crippen molar-refractivity contribution in [3.05, 3.63) is 20.8 Å². The Labute approximate surface area is 128 Å². The molecule has 2 radical (unpaired) electrons. The van der Waals surface area contributed by atoms with Crippen LogP contribution in [0.15, 0.2) is 0 Å². The maximum absolute atomic E-state index is 3.69. The zero-order valence-electron chi connectivity index (χ0n) is 13.4.